The fraction of sp³-hybridized carbons (Fsp3) is 0.179. The number of nitrogens with one attached hydrogen (secondary N) is 1. The van der Waals surface area contributed by atoms with E-state index in [4.69, 9.17) is 0 Å². The number of carbonyl (C=O) groups is 1. The highest BCUT2D eigenvalue weighted by atomic mass is 16.1. The molecule has 0 spiro atoms. The van der Waals surface area contributed by atoms with Gasteiger partial charge >= 0.3 is 0 Å². The molecule has 166 valence electrons. The molecule has 33 heavy (non-hydrogen) atoms. The Kier molecular flexibility index (Phi) is 7.10. The lowest BCUT2D eigenvalue weighted by molar-refractivity contribution is -0.116. The molecule has 1 amide bonds. The van der Waals surface area contributed by atoms with Crippen molar-refractivity contribution in [2.75, 3.05) is 0 Å². The molecule has 0 bridgehead atoms. The summed E-state index contributed by atoms with van der Waals surface area (Å²) >= 11 is 0. The predicted octanol–water partition coefficient (Wildman–Crippen LogP) is 5.77. The van der Waals surface area contributed by atoms with Crippen molar-refractivity contribution in [3.63, 3.8) is 0 Å². The van der Waals surface area contributed by atoms with E-state index >= 15 is 0 Å². The summed E-state index contributed by atoms with van der Waals surface area (Å²) in [6, 6.07) is 26.6. The van der Waals surface area contributed by atoms with Gasteiger partial charge in [0.15, 0.2) is 0 Å². The fourth-order valence-corrected chi connectivity index (χ4v) is 3.78. The van der Waals surface area contributed by atoms with Crippen molar-refractivity contribution in [3.8, 4) is 11.1 Å². The Morgan fingerprint density at radius 1 is 0.909 bits per heavy atom. The first-order valence-corrected chi connectivity index (χ1v) is 11.3. The molecule has 0 aliphatic carbocycles. The average Bonchev–Trinajstić information content (AvgIpc) is 3.37. The van der Waals surface area contributed by atoms with E-state index < -0.39 is 0 Å². The van der Waals surface area contributed by atoms with Gasteiger partial charge < -0.3 is 5.32 Å². The number of hydrogen-bond donors (Lipinski definition) is 1. The highest BCUT2D eigenvalue weighted by Crippen LogP contribution is 2.25. The van der Waals surface area contributed by atoms with Crippen LogP contribution in [0.5, 0.6) is 0 Å². The molecule has 1 N–H and O–H groups in total. The summed E-state index contributed by atoms with van der Waals surface area (Å²) in [4.78, 5) is 13.3. The molecule has 5 heteroatoms. The number of benzene rings is 3. The predicted molar refractivity (Wildman–Crippen MR) is 133 cm³/mol. The Morgan fingerprint density at radius 2 is 1.52 bits per heavy atom. The van der Waals surface area contributed by atoms with Gasteiger partial charge in [0.2, 0.25) is 0 Å². The molecule has 1 heterocycles. The second kappa shape index (κ2) is 10.6. The van der Waals surface area contributed by atoms with Gasteiger partial charge in [0, 0.05) is 6.20 Å². The van der Waals surface area contributed by atoms with E-state index in [-0.39, 0.29) is 11.9 Å². The van der Waals surface area contributed by atoms with Gasteiger partial charge in [-0.2, -0.15) is 0 Å². The van der Waals surface area contributed by atoms with Crippen molar-refractivity contribution >= 4 is 17.7 Å². The first-order valence-electron chi connectivity index (χ1n) is 11.3. The average molecular weight is 437 g/mol. The van der Waals surface area contributed by atoms with E-state index in [9.17, 15) is 4.79 Å². The maximum absolute atomic E-state index is 13.3. The summed E-state index contributed by atoms with van der Waals surface area (Å²) in [5.41, 5.74) is 6.05. The molecule has 4 rings (SSSR count). The van der Waals surface area contributed by atoms with Crippen LogP contribution >= 0.6 is 0 Å². The SMILES string of the molecule is CCCc1ccc(-c2ccc(C(=Cn3cnnc3)C(=O)N[C@H](C)c3ccccc3)cc2)cc1. The molecule has 0 aliphatic heterocycles. The number of aromatic nitrogens is 3. The van der Waals surface area contributed by atoms with Crippen LogP contribution in [0.1, 0.15) is 43.0 Å². The Morgan fingerprint density at radius 3 is 2.12 bits per heavy atom. The normalized spacial score (nSPS) is 12.4. The molecule has 0 aliphatic rings. The highest BCUT2D eigenvalue weighted by molar-refractivity contribution is 6.23. The van der Waals surface area contributed by atoms with E-state index in [0.29, 0.717) is 5.57 Å². The Labute approximate surface area is 194 Å². The molecule has 5 nitrogen and oxygen atoms in total. The summed E-state index contributed by atoms with van der Waals surface area (Å²) < 4.78 is 1.68. The zero-order valence-electron chi connectivity index (χ0n) is 19.0. The molecule has 0 unspecified atom stereocenters. The molecular weight excluding hydrogens is 408 g/mol. The van der Waals surface area contributed by atoms with E-state index in [0.717, 1.165) is 35.1 Å². The summed E-state index contributed by atoms with van der Waals surface area (Å²) in [6.07, 6.45) is 7.12. The summed E-state index contributed by atoms with van der Waals surface area (Å²) in [7, 11) is 0. The second-order valence-corrected chi connectivity index (χ2v) is 8.08. The van der Waals surface area contributed by atoms with Crippen LogP contribution in [0.3, 0.4) is 0 Å². The van der Waals surface area contributed by atoms with Crippen molar-refractivity contribution < 1.29 is 4.79 Å². The quantitative estimate of drug-likeness (QED) is 0.357. The van der Waals surface area contributed by atoms with Crippen molar-refractivity contribution in [2.24, 2.45) is 0 Å². The van der Waals surface area contributed by atoms with Crippen LogP contribution in [0.15, 0.2) is 91.5 Å². The van der Waals surface area contributed by atoms with E-state index in [1.165, 1.54) is 5.56 Å². The van der Waals surface area contributed by atoms with E-state index in [1.54, 1.807) is 23.4 Å². The summed E-state index contributed by atoms with van der Waals surface area (Å²) in [6.45, 7) is 4.17. The summed E-state index contributed by atoms with van der Waals surface area (Å²) in [5.74, 6) is -0.156. The van der Waals surface area contributed by atoms with E-state index in [1.807, 2.05) is 49.4 Å². The third-order valence-corrected chi connectivity index (χ3v) is 5.63. The van der Waals surface area contributed by atoms with Crippen LogP contribution < -0.4 is 5.32 Å². The Balaban J connectivity index is 1.59. The maximum Gasteiger partial charge on any atom is 0.253 e. The maximum atomic E-state index is 13.3. The van der Waals surface area contributed by atoms with Crippen LogP contribution in [-0.2, 0) is 11.2 Å². The van der Waals surface area contributed by atoms with Gasteiger partial charge in [-0.25, -0.2) is 0 Å². The minimum Gasteiger partial charge on any atom is -0.345 e. The number of rotatable bonds is 8. The number of aryl methyl sites for hydroxylation is 1. The number of hydrogen-bond acceptors (Lipinski definition) is 3. The first kappa shape index (κ1) is 22.2. The molecule has 0 saturated carbocycles. The van der Waals surface area contributed by atoms with Crippen LogP contribution in [0, 0.1) is 0 Å². The zero-order chi connectivity index (χ0) is 23.0. The van der Waals surface area contributed by atoms with Crippen LogP contribution in [0.4, 0.5) is 0 Å². The van der Waals surface area contributed by atoms with Gasteiger partial charge in [-0.05, 0) is 41.2 Å². The van der Waals surface area contributed by atoms with E-state index in [2.05, 4.69) is 58.8 Å². The minimum absolute atomic E-state index is 0.121. The molecule has 3 aromatic carbocycles. The van der Waals surface area contributed by atoms with Crippen molar-refractivity contribution in [1.29, 1.82) is 0 Å². The third kappa shape index (κ3) is 5.63. The Hall–Kier alpha value is -3.99. The number of carbonyl (C=O) groups excluding carboxylic acids is 1. The minimum atomic E-state index is -0.156. The molecule has 1 atom stereocenters. The van der Waals surface area contributed by atoms with Gasteiger partial charge in [0.1, 0.15) is 12.7 Å². The fourth-order valence-electron chi connectivity index (χ4n) is 3.78. The number of amides is 1. The molecule has 1 aromatic heterocycles. The molecule has 4 aromatic rings. The third-order valence-electron chi connectivity index (χ3n) is 5.63. The van der Waals surface area contributed by atoms with Crippen LogP contribution in [-0.4, -0.2) is 20.7 Å². The monoisotopic (exact) mass is 436 g/mol. The summed E-state index contributed by atoms with van der Waals surface area (Å²) in [5, 5.41) is 10.8. The lowest BCUT2D eigenvalue weighted by Gasteiger charge is -2.16. The van der Waals surface area contributed by atoms with Gasteiger partial charge in [0.05, 0.1) is 11.6 Å². The second-order valence-electron chi connectivity index (χ2n) is 8.08. The van der Waals surface area contributed by atoms with Crippen molar-refractivity contribution in [3.05, 3.63) is 108 Å². The largest absolute Gasteiger partial charge is 0.345 e. The highest BCUT2D eigenvalue weighted by Gasteiger charge is 2.16. The zero-order valence-corrected chi connectivity index (χ0v) is 19.0. The van der Waals surface area contributed by atoms with Gasteiger partial charge in [0.25, 0.3) is 5.91 Å². The van der Waals surface area contributed by atoms with Gasteiger partial charge in [-0.3, -0.25) is 9.36 Å². The number of nitrogens with zero attached hydrogens (tertiary/aromatic N) is 3. The lowest BCUT2D eigenvalue weighted by Crippen LogP contribution is -2.27. The molecule has 0 saturated heterocycles. The smallest absolute Gasteiger partial charge is 0.253 e. The van der Waals surface area contributed by atoms with Crippen molar-refractivity contribution in [2.45, 2.75) is 32.7 Å². The van der Waals surface area contributed by atoms with Crippen LogP contribution in [0.2, 0.25) is 0 Å². The molecule has 0 radical (unpaired) electrons. The molecular formula is C28H28N4O. The Bertz CT molecular complexity index is 1200. The van der Waals surface area contributed by atoms with Gasteiger partial charge in [-0.15, -0.1) is 10.2 Å². The first-order chi connectivity index (χ1) is 16.1. The van der Waals surface area contributed by atoms with Crippen LogP contribution in [0.25, 0.3) is 22.9 Å². The van der Waals surface area contributed by atoms with Crippen molar-refractivity contribution in [1.82, 2.24) is 20.1 Å². The van der Waals surface area contributed by atoms with Gasteiger partial charge in [-0.1, -0.05) is 92.2 Å². The lowest BCUT2D eigenvalue weighted by atomic mass is 9.98. The molecule has 0 fully saturated rings. The topological polar surface area (TPSA) is 59.8 Å². The standard InChI is InChI=1S/C28H28N4O/c1-3-7-22-10-12-24(13-11-22)25-14-16-26(17-15-25)27(18-32-19-29-30-20-32)28(33)31-21(2)23-8-5-4-6-9-23/h4-6,8-21H,3,7H2,1-2H3,(H,31,33)/t21-/m1/s1.